The highest BCUT2D eigenvalue weighted by atomic mass is 32.2. The van der Waals surface area contributed by atoms with Gasteiger partial charge in [-0.3, -0.25) is 11.3 Å². The summed E-state index contributed by atoms with van der Waals surface area (Å²) in [6.45, 7) is 10.5. The van der Waals surface area contributed by atoms with Crippen molar-refractivity contribution in [3.63, 3.8) is 0 Å². The van der Waals surface area contributed by atoms with E-state index >= 15 is 0 Å². The Bertz CT molecular complexity index is 336. The minimum atomic E-state index is -2.91. The number of hydrogen-bond donors (Lipinski definition) is 2. The van der Waals surface area contributed by atoms with Gasteiger partial charge >= 0.3 is 0 Å². The van der Waals surface area contributed by atoms with E-state index < -0.39 is 9.84 Å². The van der Waals surface area contributed by atoms with Crippen molar-refractivity contribution >= 4 is 9.84 Å². The number of nitrogens with one attached hydrogen (secondary N) is 1. The first-order chi connectivity index (χ1) is 8.68. The SMILES string of the molecule is CCOC(C(CCCS(=O)(=O)CC)NN)C(C)(C)C. The normalized spacial score (nSPS) is 16.3. The number of hydrazine groups is 1. The van der Waals surface area contributed by atoms with Gasteiger partial charge in [0.1, 0.15) is 9.84 Å². The molecule has 0 saturated heterocycles. The number of sulfone groups is 1. The van der Waals surface area contributed by atoms with Crippen molar-refractivity contribution in [2.24, 2.45) is 11.3 Å². The molecule has 2 unspecified atom stereocenters. The van der Waals surface area contributed by atoms with Crippen LogP contribution >= 0.6 is 0 Å². The van der Waals surface area contributed by atoms with E-state index in [0.29, 0.717) is 19.4 Å². The zero-order valence-electron chi connectivity index (χ0n) is 12.9. The second kappa shape index (κ2) is 8.19. The highest BCUT2D eigenvalue weighted by Gasteiger charge is 2.32. The predicted octanol–water partition coefficient (Wildman–Crippen LogP) is 1.48. The highest BCUT2D eigenvalue weighted by molar-refractivity contribution is 7.91. The Labute approximate surface area is 118 Å². The third kappa shape index (κ3) is 7.25. The van der Waals surface area contributed by atoms with Crippen LogP contribution in [-0.2, 0) is 14.6 Å². The van der Waals surface area contributed by atoms with Gasteiger partial charge in [0.05, 0.1) is 11.9 Å². The fraction of sp³-hybridized carbons (Fsp3) is 1.00. The minimum absolute atomic E-state index is 0.0352. The van der Waals surface area contributed by atoms with Gasteiger partial charge in [0.15, 0.2) is 0 Å². The average Bonchev–Trinajstić information content (AvgIpc) is 2.31. The molecule has 0 rings (SSSR count). The van der Waals surface area contributed by atoms with Crippen molar-refractivity contribution in [1.82, 2.24) is 5.43 Å². The van der Waals surface area contributed by atoms with E-state index in [-0.39, 0.29) is 29.1 Å². The first kappa shape index (κ1) is 18.8. The Morgan fingerprint density at radius 2 is 1.84 bits per heavy atom. The summed E-state index contributed by atoms with van der Waals surface area (Å²) in [5.74, 6) is 6.01. The Hall–Kier alpha value is -0.170. The summed E-state index contributed by atoms with van der Waals surface area (Å²) >= 11 is 0. The second-order valence-corrected chi connectivity index (χ2v) is 8.37. The van der Waals surface area contributed by atoms with Crippen LogP contribution in [0.1, 0.15) is 47.5 Å². The quantitative estimate of drug-likeness (QED) is 0.497. The summed E-state index contributed by atoms with van der Waals surface area (Å²) in [5.41, 5.74) is 2.73. The summed E-state index contributed by atoms with van der Waals surface area (Å²) in [7, 11) is -2.91. The molecule has 3 N–H and O–H groups in total. The molecule has 0 spiro atoms. The zero-order chi connectivity index (χ0) is 15.1. The molecule has 0 aliphatic rings. The van der Waals surface area contributed by atoms with Gasteiger partial charge in [0.25, 0.3) is 0 Å². The summed E-state index contributed by atoms with van der Waals surface area (Å²) in [4.78, 5) is 0. The van der Waals surface area contributed by atoms with Crippen LogP contribution in [0.25, 0.3) is 0 Å². The monoisotopic (exact) mass is 294 g/mol. The molecule has 0 aromatic carbocycles. The van der Waals surface area contributed by atoms with Crippen molar-refractivity contribution in [3.8, 4) is 0 Å². The largest absolute Gasteiger partial charge is 0.376 e. The molecule has 5 nitrogen and oxygen atoms in total. The van der Waals surface area contributed by atoms with E-state index in [9.17, 15) is 8.42 Å². The van der Waals surface area contributed by atoms with Crippen LogP contribution in [0.5, 0.6) is 0 Å². The van der Waals surface area contributed by atoms with Crippen LogP contribution in [0.2, 0.25) is 0 Å². The van der Waals surface area contributed by atoms with Crippen molar-refractivity contribution < 1.29 is 13.2 Å². The maximum Gasteiger partial charge on any atom is 0.150 e. The lowest BCUT2D eigenvalue weighted by molar-refractivity contribution is -0.0375. The molecular weight excluding hydrogens is 264 g/mol. The zero-order valence-corrected chi connectivity index (χ0v) is 13.7. The lowest BCUT2D eigenvalue weighted by atomic mass is 9.83. The Balaban J connectivity index is 4.54. The predicted molar refractivity (Wildman–Crippen MR) is 79.5 cm³/mol. The number of rotatable bonds is 9. The van der Waals surface area contributed by atoms with Gasteiger partial charge in [-0.25, -0.2) is 8.42 Å². The van der Waals surface area contributed by atoms with Gasteiger partial charge in [0, 0.05) is 18.4 Å². The van der Waals surface area contributed by atoms with Crippen LogP contribution in [0.15, 0.2) is 0 Å². The number of nitrogens with two attached hydrogens (primary N) is 1. The van der Waals surface area contributed by atoms with Crippen LogP contribution < -0.4 is 11.3 Å². The molecule has 0 radical (unpaired) electrons. The highest BCUT2D eigenvalue weighted by Crippen LogP contribution is 2.26. The summed E-state index contributed by atoms with van der Waals surface area (Å²) in [6, 6.07) is -0.0352. The molecule has 6 heteroatoms. The molecule has 0 heterocycles. The first-order valence-corrected chi connectivity index (χ1v) is 8.78. The summed E-state index contributed by atoms with van der Waals surface area (Å²) in [5, 5.41) is 0. The molecule has 0 bridgehead atoms. The molecule has 0 saturated carbocycles. The van der Waals surface area contributed by atoms with Crippen molar-refractivity contribution in [3.05, 3.63) is 0 Å². The molecule has 2 atom stereocenters. The lowest BCUT2D eigenvalue weighted by Crippen LogP contribution is -2.51. The molecule has 0 fully saturated rings. The fourth-order valence-corrected chi connectivity index (χ4v) is 3.03. The summed E-state index contributed by atoms with van der Waals surface area (Å²) < 4.78 is 28.7. The lowest BCUT2D eigenvalue weighted by Gasteiger charge is -2.36. The molecule has 0 aliphatic heterocycles. The van der Waals surface area contributed by atoms with E-state index in [1.165, 1.54) is 0 Å². The van der Waals surface area contributed by atoms with Gasteiger partial charge in [0.2, 0.25) is 0 Å². The third-order valence-corrected chi connectivity index (χ3v) is 4.98. The third-order valence-electron chi connectivity index (χ3n) is 3.19. The Morgan fingerprint density at radius 3 is 2.21 bits per heavy atom. The molecule has 0 amide bonds. The smallest absolute Gasteiger partial charge is 0.150 e. The van der Waals surface area contributed by atoms with E-state index in [4.69, 9.17) is 10.6 Å². The number of ether oxygens (including phenoxy) is 1. The van der Waals surface area contributed by atoms with Gasteiger partial charge in [-0.05, 0) is 25.2 Å². The van der Waals surface area contributed by atoms with Crippen LogP contribution in [0.3, 0.4) is 0 Å². The van der Waals surface area contributed by atoms with Gasteiger partial charge in [-0.1, -0.05) is 27.7 Å². The van der Waals surface area contributed by atoms with Crippen molar-refractivity contribution in [2.45, 2.75) is 59.6 Å². The standard InChI is InChI=1S/C13H30N2O3S/c1-6-18-12(13(3,4)5)11(15-14)9-8-10-19(16,17)7-2/h11-12,15H,6-10,14H2,1-5H3. The molecule has 0 aromatic heterocycles. The number of hydrogen-bond acceptors (Lipinski definition) is 5. The van der Waals surface area contributed by atoms with Gasteiger partial charge < -0.3 is 4.74 Å². The van der Waals surface area contributed by atoms with Crippen LogP contribution in [-0.4, -0.2) is 38.7 Å². The van der Waals surface area contributed by atoms with E-state index in [0.717, 1.165) is 0 Å². The Kier molecular flexibility index (Phi) is 8.12. The van der Waals surface area contributed by atoms with Crippen LogP contribution in [0.4, 0.5) is 0 Å². The maximum atomic E-state index is 11.5. The van der Waals surface area contributed by atoms with Gasteiger partial charge in [-0.15, -0.1) is 0 Å². The van der Waals surface area contributed by atoms with E-state index in [2.05, 4.69) is 26.2 Å². The van der Waals surface area contributed by atoms with Crippen molar-refractivity contribution in [2.75, 3.05) is 18.1 Å². The van der Waals surface area contributed by atoms with Crippen molar-refractivity contribution in [1.29, 1.82) is 0 Å². The van der Waals surface area contributed by atoms with Crippen LogP contribution in [0, 0.1) is 5.41 Å². The molecule has 116 valence electrons. The molecule has 0 aliphatic carbocycles. The molecular formula is C13H30N2O3S. The minimum Gasteiger partial charge on any atom is -0.376 e. The van der Waals surface area contributed by atoms with Gasteiger partial charge in [-0.2, -0.15) is 0 Å². The molecule has 0 aromatic rings. The topological polar surface area (TPSA) is 81.4 Å². The average molecular weight is 294 g/mol. The maximum absolute atomic E-state index is 11.5. The fourth-order valence-electron chi connectivity index (χ4n) is 2.14. The molecule has 19 heavy (non-hydrogen) atoms. The first-order valence-electron chi connectivity index (χ1n) is 6.96. The Morgan fingerprint density at radius 1 is 1.26 bits per heavy atom. The van der Waals surface area contributed by atoms with E-state index in [1.807, 2.05) is 6.92 Å². The summed E-state index contributed by atoms with van der Waals surface area (Å²) in [6.07, 6.45) is 1.26. The second-order valence-electron chi connectivity index (χ2n) is 5.89. The van der Waals surface area contributed by atoms with E-state index in [1.54, 1.807) is 6.92 Å².